The number of aliphatic imine (C=N–C) groups is 1. The molecule has 0 aliphatic carbocycles. The van der Waals surface area contributed by atoms with Gasteiger partial charge in [0.2, 0.25) is 10.0 Å². The molecule has 0 radical (unpaired) electrons. The first kappa shape index (κ1) is 20.1. The lowest BCUT2D eigenvalue weighted by molar-refractivity contribution is -0.171. The van der Waals surface area contributed by atoms with Gasteiger partial charge in [-0.25, -0.2) is 13.4 Å². The van der Waals surface area contributed by atoms with Crippen molar-refractivity contribution in [3.63, 3.8) is 0 Å². The average Bonchev–Trinajstić information content (AvgIpc) is 2.56. The Morgan fingerprint density at radius 3 is 2.38 bits per heavy atom. The number of alkyl halides is 3. The van der Waals surface area contributed by atoms with E-state index in [0.717, 1.165) is 37.8 Å². The summed E-state index contributed by atoms with van der Waals surface area (Å²) in [7, 11) is -3.65. The van der Waals surface area contributed by atoms with E-state index in [4.69, 9.17) is 17.0 Å². The van der Waals surface area contributed by atoms with Crippen molar-refractivity contribution in [2.45, 2.75) is 12.2 Å². The molecule has 0 amide bonds. The van der Waals surface area contributed by atoms with Crippen LogP contribution in [0.4, 0.5) is 13.2 Å². The fourth-order valence-corrected chi connectivity index (χ4v) is 3.59. The Kier molecular flexibility index (Phi) is 5.89. The van der Waals surface area contributed by atoms with E-state index >= 15 is 0 Å². The number of rotatable bonds is 5. The number of halogens is 4. The minimum atomic E-state index is -4.85. The van der Waals surface area contributed by atoms with Crippen LogP contribution in [0.15, 0.2) is 52.3 Å². The van der Waals surface area contributed by atoms with Gasteiger partial charge in [0.15, 0.2) is 0 Å². The summed E-state index contributed by atoms with van der Waals surface area (Å²) in [6.45, 7) is 0. The molecular weight excluding hydrogens is 393 g/mol. The second-order valence-corrected chi connectivity index (χ2v) is 7.62. The van der Waals surface area contributed by atoms with Gasteiger partial charge in [-0.2, -0.15) is 17.5 Å². The highest BCUT2D eigenvalue weighted by atomic mass is 35.5. The van der Waals surface area contributed by atoms with E-state index in [0.29, 0.717) is 0 Å². The van der Waals surface area contributed by atoms with Crippen LogP contribution in [0.1, 0.15) is 11.6 Å². The fraction of sp³-hybridized carbons (Fsp3) is 0.200. The lowest BCUT2D eigenvalue weighted by atomic mass is 10.1. The topological polar surface area (TPSA) is 85.6 Å². The van der Waals surface area contributed by atoms with Gasteiger partial charge in [0, 0.05) is 24.5 Å². The molecule has 1 atom stereocenters. The highest BCUT2D eigenvalue weighted by molar-refractivity contribution is 7.93. The molecule has 0 fully saturated rings. The van der Waals surface area contributed by atoms with Gasteiger partial charge < -0.3 is 10.7 Å². The Bertz CT molecular complexity index is 877. The lowest BCUT2D eigenvalue weighted by Gasteiger charge is -2.30. The van der Waals surface area contributed by atoms with Crippen molar-refractivity contribution in [3.8, 4) is 0 Å². The van der Waals surface area contributed by atoms with Crippen LogP contribution in [0.25, 0.3) is 0 Å². The van der Waals surface area contributed by atoms with Gasteiger partial charge in [-0.1, -0.05) is 23.7 Å². The quantitative estimate of drug-likeness (QED) is 0.736. The first-order chi connectivity index (χ1) is 12.1. The summed E-state index contributed by atoms with van der Waals surface area (Å²) >= 11 is 5.69. The van der Waals surface area contributed by atoms with Crippen molar-refractivity contribution in [3.05, 3.63) is 57.9 Å². The zero-order valence-corrected chi connectivity index (χ0v) is 14.9. The molecule has 1 heterocycles. The van der Waals surface area contributed by atoms with Crippen molar-refractivity contribution in [2.24, 2.45) is 4.99 Å². The van der Waals surface area contributed by atoms with E-state index < -0.39 is 27.1 Å². The Labute approximate surface area is 153 Å². The van der Waals surface area contributed by atoms with Gasteiger partial charge in [0.05, 0.1) is 6.21 Å². The van der Waals surface area contributed by atoms with Gasteiger partial charge >= 0.3 is 6.18 Å². The minimum absolute atomic E-state index is 0.187. The van der Waals surface area contributed by atoms with Crippen LogP contribution in [-0.4, -0.2) is 38.4 Å². The van der Waals surface area contributed by atoms with E-state index in [1.165, 1.54) is 18.2 Å². The third kappa shape index (κ3) is 4.32. The molecule has 11 heteroatoms. The maximum Gasteiger partial charge on any atom is 0.409 e. The van der Waals surface area contributed by atoms with Crippen LogP contribution >= 0.6 is 11.6 Å². The number of sulfonamides is 1. The molecule has 1 aromatic rings. The zero-order valence-electron chi connectivity index (χ0n) is 13.3. The molecule has 6 nitrogen and oxygen atoms in total. The predicted molar refractivity (Wildman–Crippen MR) is 93.5 cm³/mol. The molecule has 0 bridgehead atoms. The lowest BCUT2D eigenvalue weighted by Crippen LogP contribution is -2.41. The van der Waals surface area contributed by atoms with Crippen molar-refractivity contribution in [1.82, 2.24) is 9.62 Å². The summed E-state index contributed by atoms with van der Waals surface area (Å²) in [6, 6.07) is 2.37. The minimum Gasteiger partial charge on any atom is -0.345 e. The van der Waals surface area contributed by atoms with Gasteiger partial charge in [0.25, 0.3) is 0 Å². The van der Waals surface area contributed by atoms with E-state index in [-0.39, 0.29) is 20.7 Å². The number of nitrogens with zero attached hydrogens (tertiary/aromatic N) is 2. The molecule has 1 aliphatic heterocycles. The normalized spacial score (nSPS) is 17.8. The van der Waals surface area contributed by atoms with E-state index in [1.807, 2.05) is 0 Å². The van der Waals surface area contributed by atoms with E-state index in [2.05, 4.69) is 10.3 Å². The maximum absolute atomic E-state index is 13.6. The van der Waals surface area contributed by atoms with E-state index in [9.17, 15) is 21.6 Å². The first-order valence-corrected chi connectivity index (χ1v) is 8.91. The molecule has 0 unspecified atom stereocenters. The monoisotopic (exact) mass is 406 g/mol. The SMILES string of the molecule is CN([C@H](c1ccc(Cl)cc1)C(F)(F)F)S(=O)(=O)C1=CN/C(=C\C=N)N=C1. The second-order valence-electron chi connectivity index (χ2n) is 5.18. The van der Waals surface area contributed by atoms with Crippen molar-refractivity contribution in [1.29, 1.82) is 5.41 Å². The first-order valence-electron chi connectivity index (χ1n) is 7.09. The summed E-state index contributed by atoms with van der Waals surface area (Å²) in [6.07, 6.45) is -0.719. The molecule has 2 N–H and O–H groups in total. The second kappa shape index (κ2) is 7.60. The van der Waals surface area contributed by atoms with Crippen LogP contribution in [0, 0.1) is 5.41 Å². The van der Waals surface area contributed by atoms with Crippen molar-refractivity contribution < 1.29 is 21.6 Å². The molecule has 140 valence electrons. The summed E-state index contributed by atoms with van der Waals surface area (Å²) in [5, 5.41) is 9.65. The van der Waals surface area contributed by atoms with E-state index in [1.54, 1.807) is 0 Å². The smallest absolute Gasteiger partial charge is 0.345 e. The molecule has 0 aromatic heterocycles. The molecule has 1 aromatic carbocycles. The highest BCUT2D eigenvalue weighted by Crippen LogP contribution is 2.39. The Hall–Kier alpha value is -2.17. The molecule has 26 heavy (non-hydrogen) atoms. The number of hydrogen-bond acceptors (Lipinski definition) is 5. The van der Waals surface area contributed by atoms with Crippen molar-refractivity contribution in [2.75, 3.05) is 7.05 Å². The Morgan fingerprint density at radius 2 is 1.92 bits per heavy atom. The molecule has 0 saturated heterocycles. The molecule has 0 saturated carbocycles. The summed E-state index contributed by atoms with van der Waals surface area (Å²) in [5.74, 6) is 0.187. The summed E-state index contributed by atoms with van der Waals surface area (Å²) in [4.78, 5) is 3.32. The number of nitrogens with one attached hydrogen (secondary N) is 2. The van der Waals surface area contributed by atoms with Crippen molar-refractivity contribution >= 4 is 34.1 Å². The van der Waals surface area contributed by atoms with Gasteiger partial charge in [-0.05, 0) is 23.8 Å². The Morgan fingerprint density at radius 1 is 1.31 bits per heavy atom. The van der Waals surface area contributed by atoms with Crippen LogP contribution < -0.4 is 5.32 Å². The Balaban J connectivity index is 2.40. The van der Waals surface area contributed by atoms with Gasteiger partial charge in [0.1, 0.15) is 16.8 Å². The predicted octanol–water partition coefficient (Wildman–Crippen LogP) is 3.21. The average molecular weight is 407 g/mol. The van der Waals surface area contributed by atoms with Crippen LogP contribution in [0.3, 0.4) is 0 Å². The number of benzene rings is 1. The zero-order chi connectivity index (χ0) is 19.5. The summed E-state index contributed by atoms with van der Waals surface area (Å²) in [5.41, 5.74) is -0.265. The molecule has 0 spiro atoms. The van der Waals surface area contributed by atoms with Crippen LogP contribution in [-0.2, 0) is 10.0 Å². The largest absolute Gasteiger partial charge is 0.409 e. The summed E-state index contributed by atoms with van der Waals surface area (Å²) < 4.78 is 66.2. The maximum atomic E-state index is 13.6. The third-order valence-corrected chi connectivity index (χ3v) is 5.51. The van der Waals surface area contributed by atoms with Crippen LogP contribution in [0.5, 0.6) is 0 Å². The van der Waals surface area contributed by atoms with Gasteiger partial charge in [-0.3, -0.25) is 0 Å². The molecule has 1 aliphatic rings. The number of allylic oxidation sites excluding steroid dienone is 2. The standard InChI is InChI=1S/C15H14ClF3N4O2S/c1-23(14(15(17,18)19)10-2-4-11(16)5-3-10)26(24,25)12-8-21-13(6-7-20)22-9-12/h2-9,14,20-21H,1H3/b13-6+,20-7?/t14-/m1/s1. The third-order valence-electron chi connectivity index (χ3n) is 3.47. The van der Waals surface area contributed by atoms with Gasteiger partial charge in [-0.15, -0.1) is 0 Å². The molecular formula is C15H14ClF3N4O2S. The van der Waals surface area contributed by atoms with Crippen LogP contribution in [0.2, 0.25) is 5.02 Å². The fourth-order valence-electron chi connectivity index (χ4n) is 2.22. The highest BCUT2D eigenvalue weighted by Gasteiger charge is 2.48. The molecule has 2 rings (SSSR count). The number of hydrogen-bond donors (Lipinski definition) is 2.